The van der Waals surface area contributed by atoms with Crippen LogP contribution in [-0.4, -0.2) is 57.3 Å². The van der Waals surface area contributed by atoms with Gasteiger partial charge in [0.2, 0.25) is 0 Å². The molecule has 2 bridgehead atoms. The molecule has 3 aliphatic heterocycles. The molecule has 4 aliphatic rings. The molecule has 1 amide bonds. The molecule has 31 heavy (non-hydrogen) atoms. The van der Waals surface area contributed by atoms with Crippen LogP contribution < -0.4 is 9.64 Å². The van der Waals surface area contributed by atoms with Crippen molar-refractivity contribution in [2.45, 2.75) is 37.5 Å². The molecule has 9 nitrogen and oxygen atoms in total. The first-order chi connectivity index (χ1) is 15.1. The molecule has 4 fully saturated rings. The number of carboxylic acid groups (broad SMARTS) is 1. The van der Waals surface area contributed by atoms with E-state index >= 15 is 0 Å². The van der Waals surface area contributed by atoms with Crippen molar-refractivity contribution in [3.63, 3.8) is 0 Å². The van der Waals surface area contributed by atoms with Gasteiger partial charge in [0.1, 0.15) is 16.9 Å². The Balaban J connectivity index is 1.34. The van der Waals surface area contributed by atoms with Crippen molar-refractivity contribution in [2.75, 3.05) is 18.0 Å². The monoisotopic (exact) mass is 437 g/mol. The van der Waals surface area contributed by atoms with Crippen LogP contribution in [0.5, 0.6) is 5.75 Å². The number of hydrogen-bond acceptors (Lipinski definition) is 8. The van der Waals surface area contributed by atoms with Gasteiger partial charge in [0.05, 0.1) is 29.6 Å². The number of aromatic nitrogens is 2. The van der Waals surface area contributed by atoms with E-state index in [4.69, 9.17) is 19.4 Å². The molecule has 7 rings (SSSR count). The van der Waals surface area contributed by atoms with Gasteiger partial charge in [-0.2, -0.15) is 10.2 Å². The molecule has 5 heterocycles. The van der Waals surface area contributed by atoms with E-state index in [0.29, 0.717) is 36.0 Å². The zero-order valence-electron chi connectivity index (χ0n) is 16.5. The van der Waals surface area contributed by atoms with E-state index in [1.807, 2.05) is 22.4 Å². The van der Waals surface area contributed by atoms with Crippen molar-refractivity contribution in [3.05, 3.63) is 23.7 Å². The standard InChI is InChI=1S/C21H19N5O4S/c22-8-11-5-14(6-11)29-16-2-1-15(19-23-3-4-31-19)18-17(16)24-20(30-18)25-9-12-7-13(10-25)26(12)21(27)28/h1-4,11-14H,5-7,9-10H2,(H,27,28). The van der Waals surface area contributed by atoms with Crippen LogP contribution in [-0.2, 0) is 0 Å². The highest BCUT2D eigenvalue weighted by molar-refractivity contribution is 7.13. The predicted molar refractivity (Wildman–Crippen MR) is 112 cm³/mol. The van der Waals surface area contributed by atoms with E-state index in [-0.39, 0.29) is 24.1 Å². The number of benzene rings is 1. The topological polar surface area (TPSA) is 116 Å². The second kappa shape index (κ2) is 6.85. The molecule has 0 radical (unpaired) electrons. The third-order valence-corrected chi connectivity index (χ3v) is 7.22. The molecule has 1 N–H and O–H groups in total. The van der Waals surface area contributed by atoms with Crippen LogP contribution >= 0.6 is 11.3 Å². The Hall–Kier alpha value is -3.32. The summed E-state index contributed by atoms with van der Waals surface area (Å²) in [6.07, 6.45) is 3.21. The average molecular weight is 437 g/mol. The number of hydrogen-bond donors (Lipinski definition) is 1. The van der Waals surface area contributed by atoms with Gasteiger partial charge in [-0.1, -0.05) is 0 Å². The molecule has 158 valence electrons. The van der Waals surface area contributed by atoms with E-state index in [9.17, 15) is 9.90 Å². The number of nitrogens with zero attached hydrogens (tertiary/aromatic N) is 5. The molecular weight excluding hydrogens is 418 g/mol. The third kappa shape index (κ3) is 2.91. The van der Waals surface area contributed by atoms with E-state index < -0.39 is 6.09 Å². The Kier molecular flexibility index (Phi) is 4.08. The van der Waals surface area contributed by atoms with Crippen LogP contribution in [0, 0.1) is 17.2 Å². The lowest BCUT2D eigenvalue weighted by Gasteiger charge is -2.54. The van der Waals surface area contributed by atoms with Gasteiger partial charge in [-0.05, 0) is 18.6 Å². The number of piperazine rings is 1. The maximum atomic E-state index is 11.4. The highest BCUT2D eigenvalue weighted by Crippen LogP contribution is 2.41. The van der Waals surface area contributed by atoms with E-state index in [1.165, 1.54) is 16.2 Å². The fraction of sp³-hybridized carbons (Fsp3) is 0.429. The summed E-state index contributed by atoms with van der Waals surface area (Å²) >= 11 is 1.52. The number of thiazole rings is 1. The lowest BCUT2D eigenvalue weighted by atomic mass is 9.83. The Bertz CT molecular complexity index is 1180. The van der Waals surface area contributed by atoms with Gasteiger partial charge in [0, 0.05) is 37.5 Å². The van der Waals surface area contributed by atoms with Crippen LogP contribution in [0.15, 0.2) is 28.1 Å². The van der Waals surface area contributed by atoms with Crippen LogP contribution in [0.4, 0.5) is 10.8 Å². The van der Waals surface area contributed by atoms with Crippen molar-refractivity contribution in [1.82, 2.24) is 14.9 Å². The average Bonchev–Trinajstić information content (AvgIpc) is 3.40. The number of amides is 1. The van der Waals surface area contributed by atoms with E-state index in [0.717, 1.165) is 29.8 Å². The number of ether oxygens (including phenoxy) is 1. The number of carbonyl (C=O) groups is 1. The molecule has 2 unspecified atom stereocenters. The number of piperidine rings is 1. The highest BCUT2D eigenvalue weighted by Gasteiger charge is 2.48. The second-order valence-electron chi connectivity index (χ2n) is 8.30. The normalized spacial score (nSPS) is 26.8. The number of rotatable bonds is 4. The minimum Gasteiger partial charge on any atom is -0.488 e. The number of nitriles is 1. The number of fused-ring (bicyclic) bond motifs is 3. The Morgan fingerprint density at radius 1 is 1.29 bits per heavy atom. The summed E-state index contributed by atoms with van der Waals surface area (Å²) in [5.74, 6) is 0.696. The third-order valence-electron chi connectivity index (χ3n) is 6.41. The van der Waals surface area contributed by atoms with Gasteiger partial charge < -0.3 is 19.2 Å². The Morgan fingerprint density at radius 3 is 2.77 bits per heavy atom. The van der Waals surface area contributed by atoms with Crippen molar-refractivity contribution in [3.8, 4) is 22.4 Å². The van der Waals surface area contributed by atoms with Crippen LogP contribution in [0.2, 0.25) is 0 Å². The summed E-state index contributed by atoms with van der Waals surface area (Å²) in [4.78, 5) is 24.1. The minimum absolute atomic E-state index is 0.00506. The molecule has 3 aromatic rings. The summed E-state index contributed by atoms with van der Waals surface area (Å²) in [5, 5.41) is 21.1. The van der Waals surface area contributed by atoms with Gasteiger partial charge in [-0.15, -0.1) is 11.3 Å². The SMILES string of the molecule is N#CC1CC(Oc2ccc(-c3nccs3)c3oc(N4CC5CC(C4)N5C(=O)O)nc23)C1. The van der Waals surface area contributed by atoms with Crippen LogP contribution in [0.1, 0.15) is 19.3 Å². The molecule has 10 heteroatoms. The predicted octanol–water partition coefficient (Wildman–Crippen LogP) is 3.57. The zero-order valence-corrected chi connectivity index (χ0v) is 17.3. The summed E-state index contributed by atoms with van der Waals surface area (Å²) in [7, 11) is 0. The number of anilines is 1. The zero-order chi connectivity index (χ0) is 21.1. The lowest BCUT2D eigenvalue weighted by Crippen LogP contribution is -2.70. The van der Waals surface area contributed by atoms with Crippen molar-refractivity contribution >= 4 is 34.5 Å². The Morgan fingerprint density at radius 2 is 2.10 bits per heavy atom. The molecule has 1 saturated carbocycles. The maximum absolute atomic E-state index is 11.4. The summed E-state index contributed by atoms with van der Waals surface area (Å²) in [6, 6.07) is 6.53. The van der Waals surface area contributed by atoms with Gasteiger partial charge in [-0.3, -0.25) is 4.90 Å². The summed E-state index contributed by atoms with van der Waals surface area (Å²) < 4.78 is 12.4. The first-order valence-corrected chi connectivity index (χ1v) is 11.1. The molecule has 2 aromatic heterocycles. The fourth-order valence-electron chi connectivity index (χ4n) is 4.75. The van der Waals surface area contributed by atoms with Gasteiger partial charge in [0.25, 0.3) is 6.01 Å². The molecule has 2 atom stereocenters. The summed E-state index contributed by atoms with van der Waals surface area (Å²) in [5.41, 5.74) is 2.11. The van der Waals surface area contributed by atoms with Gasteiger partial charge in [0.15, 0.2) is 11.1 Å². The van der Waals surface area contributed by atoms with Crippen molar-refractivity contribution in [2.24, 2.45) is 5.92 Å². The van der Waals surface area contributed by atoms with Gasteiger partial charge >= 0.3 is 6.09 Å². The Labute approximate surface area is 181 Å². The smallest absolute Gasteiger partial charge is 0.407 e. The minimum atomic E-state index is -0.864. The molecule has 1 aliphatic carbocycles. The molecule has 1 aromatic carbocycles. The molecular formula is C21H19N5O4S. The first kappa shape index (κ1) is 18.4. The van der Waals surface area contributed by atoms with Crippen molar-refractivity contribution in [1.29, 1.82) is 5.26 Å². The molecule has 3 saturated heterocycles. The van der Waals surface area contributed by atoms with Crippen molar-refractivity contribution < 1.29 is 19.1 Å². The highest BCUT2D eigenvalue weighted by atomic mass is 32.1. The second-order valence-corrected chi connectivity index (χ2v) is 9.19. The van der Waals surface area contributed by atoms with E-state index in [2.05, 4.69) is 11.1 Å². The summed E-state index contributed by atoms with van der Waals surface area (Å²) in [6.45, 7) is 1.12. The van der Waals surface area contributed by atoms with Crippen LogP contribution in [0.25, 0.3) is 21.7 Å². The lowest BCUT2D eigenvalue weighted by molar-refractivity contribution is 0.0101. The van der Waals surface area contributed by atoms with Gasteiger partial charge in [-0.25, -0.2) is 9.78 Å². The maximum Gasteiger partial charge on any atom is 0.407 e. The largest absolute Gasteiger partial charge is 0.488 e. The molecule has 0 spiro atoms. The first-order valence-electron chi connectivity index (χ1n) is 10.3. The van der Waals surface area contributed by atoms with E-state index in [1.54, 1.807) is 6.20 Å². The number of oxazole rings is 1. The quantitative estimate of drug-likeness (QED) is 0.659. The van der Waals surface area contributed by atoms with Crippen LogP contribution in [0.3, 0.4) is 0 Å². The fourth-order valence-corrected chi connectivity index (χ4v) is 5.41.